The molecule has 0 aromatic heterocycles. The maximum Gasteiger partial charge on any atom is 0.352 e. The van der Waals surface area contributed by atoms with Gasteiger partial charge in [0.2, 0.25) is 5.91 Å². The molecule has 3 rings (SSSR count). The number of nitrogens with zero attached hydrogens (tertiary/aromatic N) is 1. The predicted octanol–water partition coefficient (Wildman–Crippen LogP) is 0.347. The molecule has 30 heavy (non-hydrogen) atoms. The van der Waals surface area contributed by atoms with Gasteiger partial charge in [-0.05, 0) is 17.7 Å². The van der Waals surface area contributed by atoms with Gasteiger partial charge in [0.25, 0.3) is 5.91 Å². The van der Waals surface area contributed by atoms with E-state index in [2.05, 4.69) is 5.32 Å². The van der Waals surface area contributed by atoms with Crippen molar-refractivity contribution in [1.29, 1.82) is 0 Å². The second-order valence-corrected chi connectivity index (χ2v) is 8.13. The molecule has 0 aliphatic carbocycles. The molecule has 1 aromatic carbocycles. The SMILES string of the molecule is CC(=O)OCC1=C(C(=O)O)N2C(=O)[C@@H](NC(=O)C(N)c3ccc(O)c(Cl)c3)[C@H]2SC1. The number of amides is 2. The molecule has 2 aliphatic rings. The number of carbonyl (C=O) groups excluding carboxylic acids is 3. The van der Waals surface area contributed by atoms with E-state index in [1.165, 1.54) is 36.9 Å². The average Bonchev–Trinajstić information content (AvgIpc) is 2.70. The van der Waals surface area contributed by atoms with Crippen LogP contribution in [-0.2, 0) is 23.9 Å². The summed E-state index contributed by atoms with van der Waals surface area (Å²) in [5.74, 6) is -3.08. The molecular formula is C18H18ClN3O7S. The van der Waals surface area contributed by atoms with Gasteiger partial charge >= 0.3 is 11.9 Å². The number of ether oxygens (including phenoxy) is 1. The first-order valence-electron chi connectivity index (χ1n) is 8.69. The van der Waals surface area contributed by atoms with Crippen molar-refractivity contribution >= 4 is 47.1 Å². The molecule has 10 nitrogen and oxygen atoms in total. The zero-order chi connectivity index (χ0) is 22.2. The monoisotopic (exact) mass is 455 g/mol. The second kappa shape index (κ2) is 8.54. The van der Waals surface area contributed by atoms with E-state index in [-0.39, 0.29) is 28.8 Å². The number of benzene rings is 1. The van der Waals surface area contributed by atoms with Gasteiger partial charge in [0.1, 0.15) is 35.5 Å². The van der Waals surface area contributed by atoms with Gasteiger partial charge in [0.15, 0.2) is 0 Å². The number of hydrogen-bond donors (Lipinski definition) is 4. The maximum absolute atomic E-state index is 12.6. The Labute approximate surface area is 180 Å². The Morgan fingerprint density at radius 1 is 1.43 bits per heavy atom. The van der Waals surface area contributed by atoms with Crippen LogP contribution in [0.3, 0.4) is 0 Å². The van der Waals surface area contributed by atoms with Gasteiger partial charge in [-0.15, -0.1) is 11.8 Å². The van der Waals surface area contributed by atoms with E-state index in [1.54, 1.807) is 0 Å². The summed E-state index contributed by atoms with van der Waals surface area (Å²) in [6.07, 6.45) is 0. The number of carboxylic acid groups (broad SMARTS) is 1. The van der Waals surface area contributed by atoms with E-state index >= 15 is 0 Å². The Bertz CT molecular complexity index is 967. The van der Waals surface area contributed by atoms with Crippen LogP contribution in [-0.4, -0.2) is 62.6 Å². The highest BCUT2D eigenvalue weighted by molar-refractivity contribution is 8.00. The molecule has 3 atom stereocenters. The Balaban J connectivity index is 1.72. The van der Waals surface area contributed by atoms with Crippen molar-refractivity contribution in [3.8, 4) is 5.75 Å². The summed E-state index contributed by atoms with van der Waals surface area (Å²) in [6, 6.07) is 1.98. The van der Waals surface area contributed by atoms with Crippen LogP contribution in [0.4, 0.5) is 0 Å². The highest BCUT2D eigenvalue weighted by Gasteiger charge is 2.54. The van der Waals surface area contributed by atoms with Gasteiger partial charge in [0, 0.05) is 18.2 Å². The van der Waals surface area contributed by atoms with Crippen LogP contribution in [0.15, 0.2) is 29.5 Å². The fourth-order valence-electron chi connectivity index (χ4n) is 3.09. The van der Waals surface area contributed by atoms with Gasteiger partial charge < -0.3 is 26.0 Å². The first-order valence-corrected chi connectivity index (χ1v) is 10.1. The Kier molecular flexibility index (Phi) is 6.25. The third kappa shape index (κ3) is 4.09. The lowest BCUT2D eigenvalue weighted by molar-refractivity contribution is -0.151. The molecular weight excluding hydrogens is 438 g/mol. The number of β-lactam (4-membered cyclic amide) rings is 1. The lowest BCUT2D eigenvalue weighted by Gasteiger charge is -2.49. The highest BCUT2D eigenvalue weighted by Crippen LogP contribution is 2.40. The molecule has 2 aliphatic heterocycles. The third-order valence-corrected chi connectivity index (χ3v) is 6.25. The lowest BCUT2D eigenvalue weighted by atomic mass is 10.0. The van der Waals surface area contributed by atoms with E-state index in [4.69, 9.17) is 22.1 Å². The first-order chi connectivity index (χ1) is 14.1. The van der Waals surface area contributed by atoms with Crippen LogP contribution in [0.5, 0.6) is 5.75 Å². The number of carboxylic acids is 1. The molecule has 12 heteroatoms. The minimum atomic E-state index is -1.32. The van der Waals surface area contributed by atoms with Crippen molar-refractivity contribution in [1.82, 2.24) is 10.2 Å². The Hall–Kier alpha value is -2.76. The number of rotatable bonds is 6. The number of esters is 1. The molecule has 1 unspecified atom stereocenters. The number of hydrogen-bond acceptors (Lipinski definition) is 8. The minimum absolute atomic E-state index is 0.0287. The van der Waals surface area contributed by atoms with Crippen LogP contribution in [0.2, 0.25) is 5.02 Å². The van der Waals surface area contributed by atoms with Crippen molar-refractivity contribution in [2.75, 3.05) is 12.4 Å². The topological polar surface area (TPSA) is 159 Å². The van der Waals surface area contributed by atoms with Crippen molar-refractivity contribution in [3.63, 3.8) is 0 Å². The Morgan fingerprint density at radius 3 is 2.73 bits per heavy atom. The quantitative estimate of drug-likeness (QED) is 0.350. The van der Waals surface area contributed by atoms with Crippen molar-refractivity contribution in [2.45, 2.75) is 24.4 Å². The molecule has 0 spiro atoms. The van der Waals surface area contributed by atoms with Gasteiger partial charge in [-0.1, -0.05) is 17.7 Å². The van der Waals surface area contributed by atoms with Crippen LogP contribution in [0, 0.1) is 0 Å². The standard InChI is InChI=1S/C18H18ClN3O7S/c1-7(23)29-5-9-6-30-17-13(16(26)22(17)14(9)18(27)28)21-15(25)12(20)8-2-3-11(24)10(19)4-8/h2-4,12-13,17,24H,5-6,20H2,1H3,(H,21,25)(H,27,28)/t12?,13-,17-/m1/s1. The van der Waals surface area contributed by atoms with Crippen molar-refractivity contribution in [2.24, 2.45) is 5.73 Å². The van der Waals surface area contributed by atoms with Gasteiger partial charge in [-0.25, -0.2) is 4.79 Å². The molecule has 5 N–H and O–H groups in total. The number of carbonyl (C=O) groups is 4. The Morgan fingerprint density at radius 2 is 2.13 bits per heavy atom. The van der Waals surface area contributed by atoms with Crippen molar-refractivity contribution in [3.05, 3.63) is 40.1 Å². The average molecular weight is 456 g/mol. The molecule has 1 saturated heterocycles. The van der Waals surface area contributed by atoms with Crippen LogP contribution < -0.4 is 11.1 Å². The number of aliphatic carboxylic acids is 1. The summed E-state index contributed by atoms with van der Waals surface area (Å²) in [5, 5.41) is 20.9. The molecule has 160 valence electrons. The molecule has 1 aromatic rings. The number of nitrogens with one attached hydrogen (secondary N) is 1. The van der Waals surface area contributed by atoms with E-state index in [0.717, 1.165) is 4.90 Å². The van der Waals surface area contributed by atoms with Crippen LogP contribution in [0.1, 0.15) is 18.5 Å². The predicted molar refractivity (Wildman–Crippen MR) is 106 cm³/mol. The highest BCUT2D eigenvalue weighted by atomic mass is 35.5. The minimum Gasteiger partial charge on any atom is -0.506 e. The molecule has 1 fully saturated rings. The zero-order valence-corrected chi connectivity index (χ0v) is 17.2. The van der Waals surface area contributed by atoms with E-state index in [1.807, 2.05) is 0 Å². The summed E-state index contributed by atoms with van der Waals surface area (Å²) in [6.45, 7) is 0.967. The number of aromatic hydroxyl groups is 1. The number of nitrogens with two attached hydrogens (primary N) is 1. The van der Waals surface area contributed by atoms with E-state index in [9.17, 15) is 29.4 Å². The van der Waals surface area contributed by atoms with E-state index < -0.39 is 41.2 Å². The summed E-state index contributed by atoms with van der Waals surface area (Å²) in [7, 11) is 0. The van der Waals surface area contributed by atoms with Crippen LogP contribution >= 0.6 is 23.4 Å². The molecule has 2 amide bonds. The molecule has 0 saturated carbocycles. The third-order valence-electron chi connectivity index (χ3n) is 4.61. The normalized spacial score (nSPS) is 21.4. The second-order valence-electron chi connectivity index (χ2n) is 6.62. The van der Waals surface area contributed by atoms with Gasteiger partial charge in [-0.2, -0.15) is 0 Å². The van der Waals surface area contributed by atoms with E-state index in [0.29, 0.717) is 11.1 Å². The fourth-order valence-corrected chi connectivity index (χ4v) is 4.61. The summed E-state index contributed by atoms with van der Waals surface area (Å²) in [4.78, 5) is 48.9. The molecule has 0 radical (unpaired) electrons. The first kappa shape index (κ1) is 21.9. The number of phenols is 1. The molecule has 2 heterocycles. The van der Waals surface area contributed by atoms with Gasteiger partial charge in [-0.3, -0.25) is 19.3 Å². The van der Waals surface area contributed by atoms with Gasteiger partial charge in [0.05, 0.1) is 5.02 Å². The summed E-state index contributed by atoms with van der Waals surface area (Å²) in [5.41, 5.74) is 6.32. The van der Waals surface area contributed by atoms with Crippen LogP contribution in [0.25, 0.3) is 0 Å². The number of fused-ring (bicyclic) bond motifs is 1. The number of thioether (sulfide) groups is 1. The zero-order valence-electron chi connectivity index (χ0n) is 15.6. The summed E-state index contributed by atoms with van der Waals surface area (Å²) >= 11 is 7.07. The lowest BCUT2D eigenvalue weighted by Crippen LogP contribution is -2.71. The maximum atomic E-state index is 12.6. The summed E-state index contributed by atoms with van der Waals surface area (Å²) < 4.78 is 4.87. The number of phenolic OH excluding ortho intramolecular Hbond substituents is 1. The fraction of sp³-hybridized carbons (Fsp3) is 0.333. The number of halogens is 1. The smallest absolute Gasteiger partial charge is 0.352 e. The largest absolute Gasteiger partial charge is 0.506 e. The molecule has 0 bridgehead atoms. The van der Waals surface area contributed by atoms with Crippen molar-refractivity contribution < 1.29 is 34.1 Å².